The molecule has 3 atom stereocenters. The van der Waals surface area contributed by atoms with E-state index in [2.05, 4.69) is 13.5 Å². The van der Waals surface area contributed by atoms with Crippen molar-refractivity contribution in [3.05, 3.63) is 48.1 Å². The van der Waals surface area contributed by atoms with Gasteiger partial charge < -0.3 is 20.1 Å². The summed E-state index contributed by atoms with van der Waals surface area (Å²) in [6.45, 7) is 7.53. The lowest BCUT2D eigenvalue weighted by Crippen LogP contribution is -2.37. The fourth-order valence-electron chi connectivity index (χ4n) is 2.80. The maximum atomic E-state index is 11.7. The number of allylic oxidation sites excluding steroid dienone is 1. The molecule has 0 amide bonds. The fourth-order valence-corrected chi connectivity index (χ4v) is 2.80. The molecule has 3 N–H and O–H groups in total. The number of phenolic OH excluding ortho intramolecular Hbond substituents is 1. The molecule has 0 saturated carbocycles. The van der Waals surface area contributed by atoms with Gasteiger partial charge in [0.15, 0.2) is 6.10 Å². The summed E-state index contributed by atoms with van der Waals surface area (Å²) in [5.41, 5.74) is 2.14. The zero-order chi connectivity index (χ0) is 19.5. The van der Waals surface area contributed by atoms with Crippen LogP contribution in [0.2, 0.25) is 0 Å². The molecule has 0 aliphatic rings. The number of carbonyl (C=O) groups is 1. The van der Waals surface area contributed by atoms with Crippen molar-refractivity contribution in [2.45, 2.75) is 51.7 Å². The van der Waals surface area contributed by atoms with Gasteiger partial charge in [-0.3, -0.25) is 0 Å². The van der Waals surface area contributed by atoms with Crippen molar-refractivity contribution in [3.63, 3.8) is 0 Å². The number of benzene rings is 1. The predicted octanol–water partition coefficient (Wildman–Crippen LogP) is 3.44. The third-order valence-corrected chi connectivity index (χ3v) is 4.21. The van der Waals surface area contributed by atoms with Crippen LogP contribution in [0.1, 0.15) is 45.1 Å². The SMILES string of the molecule is C=C[C@H]([C@H](O)CC/C(=C/c1ccc(O)cc1)CCC)[C@H](O)C(=O)OCC. The van der Waals surface area contributed by atoms with Crippen molar-refractivity contribution in [2.75, 3.05) is 6.61 Å². The monoisotopic (exact) mass is 362 g/mol. The highest BCUT2D eigenvalue weighted by atomic mass is 16.5. The van der Waals surface area contributed by atoms with Crippen molar-refractivity contribution in [2.24, 2.45) is 5.92 Å². The first kappa shape index (κ1) is 21.9. The summed E-state index contributed by atoms with van der Waals surface area (Å²) >= 11 is 0. The van der Waals surface area contributed by atoms with Crippen LogP contribution in [-0.2, 0) is 9.53 Å². The average molecular weight is 362 g/mol. The van der Waals surface area contributed by atoms with Gasteiger partial charge in [0.25, 0.3) is 0 Å². The maximum Gasteiger partial charge on any atom is 0.335 e. The summed E-state index contributed by atoms with van der Waals surface area (Å²) in [6.07, 6.45) is 4.01. The Morgan fingerprint density at radius 2 is 1.85 bits per heavy atom. The molecule has 0 aromatic heterocycles. The molecule has 0 aliphatic heterocycles. The van der Waals surface area contributed by atoms with Gasteiger partial charge >= 0.3 is 5.97 Å². The molecule has 1 aromatic carbocycles. The molecular formula is C21H30O5. The van der Waals surface area contributed by atoms with Gasteiger partial charge in [0, 0.05) is 5.92 Å². The normalized spacial score (nSPS) is 15.2. The van der Waals surface area contributed by atoms with Crippen LogP contribution < -0.4 is 0 Å². The van der Waals surface area contributed by atoms with Crippen LogP contribution in [0.3, 0.4) is 0 Å². The van der Waals surface area contributed by atoms with E-state index in [0.29, 0.717) is 12.8 Å². The molecule has 0 bridgehead atoms. The molecule has 1 aromatic rings. The molecule has 144 valence electrons. The van der Waals surface area contributed by atoms with Crippen LogP contribution in [0.25, 0.3) is 6.08 Å². The van der Waals surface area contributed by atoms with E-state index in [0.717, 1.165) is 24.0 Å². The van der Waals surface area contributed by atoms with E-state index in [9.17, 15) is 20.1 Å². The van der Waals surface area contributed by atoms with Crippen LogP contribution >= 0.6 is 0 Å². The molecule has 0 unspecified atom stereocenters. The van der Waals surface area contributed by atoms with Gasteiger partial charge in [-0.2, -0.15) is 0 Å². The lowest BCUT2D eigenvalue weighted by atomic mass is 9.90. The third-order valence-electron chi connectivity index (χ3n) is 4.21. The van der Waals surface area contributed by atoms with Gasteiger partial charge in [-0.05, 0) is 43.9 Å². The molecule has 0 saturated heterocycles. The number of hydrogen-bond donors (Lipinski definition) is 3. The van der Waals surface area contributed by atoms with Crippen molar-refractivity contribution < 1.29 is 24.9 Å². The Balaban J connectivity index is 2.75. The highest BCUT2D eigenvalue weighted by Gasteiger charge is 2.30. The van der Waals surface area contributed by atoms with Gasteiger partial charge in [0.05, 0.1) is 12.7 Å². The van der Waals surface area contributed by atoms with Crippen LogP contribution in [0, 0.1) is 5.92 Å². The first-order valence-corrected chi connectivity index (χ1v) is 9.06. The van der Waals surface area contributed by atoms with Gasteiger partial charge in [0.2, 0.25) is 0 Å². The summed E-state index contributed by atoms with van der Waals surface area (Å²) in [4.78, 5) is 11.7. The summed E-state index contributed by atoms with van der Waals surface area (Å²) in [5.74, 6) is -1.30. The molecule has 0 spiro atoms. The minimum absolute atomic E-state index is 0.172. The van der Waals surface area contributed by atoms with Gasteiger partial charge in [-0.15, -0.1) is 6.58 Å². The Morgan fingerprint density at radius 3 is 2.38 bits per heavy atom. The smallest absolute Gasteiger partial charge is 0.335 e. The van der Waals surface area contributed by atoms with Crippen LogP contribution in [-0.4, -0.2) is 40.1 Å². The zero-order valence-corrected chi connectivity index (χ0v) is 15.6. The second kappa shape index (κ2) is 11.5. The first-order chi connectivity index (χ1) is 12.4. The number of rotatable bonds is 11. The molecule has 5 nitrogen and oxygen atoms in total. The second-order valence-corrected chi connectivity index (χ2v) is 6.26. The molecule has 0 heterocycles. The van der Waals surface area contributed by atoms with E-state index in [1.807, 2.05) is 18.2 Å². The fraction of sp³-hybridized carbons (Fsp3) is 0.476. The number of aliphatic hydroxyl groups is 2. The molecule has 1 rings (SSSR count). The zero-order valence-electron chi connectivity index (χ0n) is 15.6. The van der Waals surface area contributed by atoms with Crippen LogP contribution in [0.4, 0.5) is 0 Å². The second-order valence-electron chi connectivity index (χ2n) is 6.26. The van der Waals surface area contributed by atoms with Gasteiger partial charge in [-0.25, -0.2) is 4.79 Å². The Hall–Kier alpha value is -2.11. The van der Waals surface area contributed by atoms with Gasteiger partial charge in [0.1, 0.15) is 5.75 Å². The van der Waals surface area contributed by atoms with E-state index in [1.54, 1.807) is 19.1 Å². The maximum absolute atomic E-state index is 11.7. The van der Waals surface area contributed by atoms with Crippen LogP contribution in [0.15, 0.2) is 42.5 Å². The van der Waals surface area contributed by atoms with Crippen molar-refractivity contribution in [3.8, 4) is 5.75 Å². The Labute approximate surface area is 155 Å². The standard InChI is InChI=1S/C21H30O5/c1-4-7-15(14-16-8-11-17(22)12-9-16)10-13-19(23)18(5-2)20(24)21(25)26-6-3/h5,8-9,11-12,14,18-20,22-24H,2,4,6-7,10,13H2,1,3H3/b15-14+/t18-,19-,20+/m1/s1. The number of esters is 1. The number of aliphatic hydroxyl groups excluding tert-OH is 2. The van der Waals surface area contributed by atoms with Crippen molar-refractivity contribution >= 4 is 12.0 Å². The Bertz CT molecular complexity index is 591. The van der Waals surface area contributed by atoms with Crippen molar-refractivity contribution in [1.29, 1.82) is 0 Å². The van der Waals surface area contributed by atoms with E-state index in [4.69, 9.17) is 4.74 Å². The number of aromatic hydroxyl groups is 1. The van der Waals surface area contributed by atoms with E-state index >= 15 is 0 Å². The predicted molar refractivity (Wildman–Crippen MR) is 103 cm³/mol. The van der Waals surface area contributed by atoms with Gasteiger partial charge in [-0.1, -0.05) is 43.2 Å². The quantitative estimate of drug-likeness (QED) is 0.415. The minimum atomic E-state index is -1.42. The summed E-state index contributed by atoms with van der Waals surface area (Å²) in [7, 11) is 0. The van der Waals surface area contributed by atoms with Crippen molar-refractivity contribution in [1.82, 2.24) is 0 Å². The van der Waals surface area contributed by atoms with E-state index in [1.165, 1.54) is 6.08 Å². The molecule has 5 heteroatoms. The number of ether oxygens (including phenoxy) is 1. The van der Waals surface area contributed by atoms with E-state index in [-0.39, 0.29) is 12.4 Å². The Morgan fingerprint density at radius 1 is 1.19 bits per heavy atom. The highest BCUT2D eigenvalue weighted by molar-refractivity contribution is 5.75. The molecule has 26 heavy (non-hydrogen) atoms. The first-order valence-electron chi connectivity index (χ1n) is 9.06. The molecule has 0 fully saturated rings. The summed E-state index contributed by atoms with van der Waals surface area (Å²) in [6, 6.07) is 6.93. The van der Waals surface area contributed by atoms with E-state index < -0.39 is 24.1 Å². The molecule has 0 aliphatic carbocycles. The van der Waals surface area contributed by atoms with Crippen LogP contribution in [0.5, 0.6) is 5.75 Å². The topological polar surface area (TPSA) is 87.0 Å². The Kier molecular flexibility index (Phi) is 9.70. The minimum Gasteiger partial charge on any atom is -0.508 e. The average Bonchev–Trinajstić information content (AvgIpc) is 2.62. The number of phenols is 1. The molecular weight excluding hydrogens is 332 g/mol. The number of carbonyl (C=O) groups excluding carboxylic acids is 1. The summed E-state index contributed by atoms with van der Waals surface area (Å²) < 4.78 is 4.81. The number of hydrogen-bond acceptors (Lipinski definition) is 5. The lowest BCUT2D eigenvalue weighted by Gasteiger charge is -2.24. The lowest BCUT2D eigenvalue weighted by molar-refractivity contribution is -0.157. The summed E-state index contributed by atoms with van der Waals surface area (Å²) in [5, 5.41) is 29.9. The third kappa shape index (κ3) is 7.02. The largest absolute Gasteiger partial charge is 0.508 e. The highest BCUT2D eigenvalue weighted by Crippen LogP contribution is 2.23. The molecule has 0 radical (unpaired) electrons.